The Bertz CT molecular complexity index is 1630. The molecule has 5 rings (SSSR count). The smallest absolute Gasteiger partial charge is 0.240 e. The van der Waals surface area contributed by atoms with Crippen molar-refractivity contribution in [2.24, 2.45) is 0 Å². The van der Waals surface area contributed by atoms with E-state index in [0.717, 1.165) is 27.5 Å². The standard InChI is InChI=1S/C25H22ClN5O3S2/c26-19-5-2-7-21(16-19)36(33,34)29-10-3-9-27-22-15-18(8-11-28-22)24-23(17-4-1-6-20(32)14-17)30-25-31(24)12-13-35-25/h1-2,4-8,11-16,29,32H,3,9-10H2,(H,27,28). The van der Waals surface area contributed by atoms with E-state index in [1.807, 2.05) is 34.2 Å². The van der Waals surface area contributed by atoms with Gasteiger partial charge in [-0.3, -0.25) is 4.40 Å². The minimum atomic E-state index is -3.62. The Morgan fingerprint density at radius 2 is 1.89 bits per heavy atom. The summed E-state index contributed by atoms with van der Waals surface area (Å²) in [5.74, 6) is 0.843. The molecule has 3 heterocycles. The van der Waals surface area contributed by atoms with Gasteiger partial charge in [-0.05, 0) is 48.9 Å². The number of hydrogen-bond acceptors (Lipinski definition) is 7. The summed E-state index contributed by atoms with van der Waals surface area (Å²) in [5.41, 5.74) is 3.40. The fourth-order valence-corrected chi connectivity index (χ4v) is 5.91. The summed E-state index contributed by atoms with van der Waals surface area (Å²) in [7, 11) is -3.62. The molecule has 8 nitrogen and oxygen atoms in total. The fourth-order valence-electron chi connectivity index (χ4n) is 3.82. The highest BCUT2D eigenvalue weighted by atomic mass is 35.5. The molecule has 36 heavy (non-hydrogen) atoms. The van der Waals surface area contributed by atoms with Gasteiger partial charge in [0.1, 0.15) is 11.6 Å². The van der Waals surface area contributed by atoms with Gasteiger partial charge in [-0.2, -0.15) is 0 Å². The molecule has 184 valence electrons. The van der Waals surface area contributed by atoms with Gasteiger partial charge in [-0.25, -0.2) is 23.1 Å². The van der Waals surface area contributed by atoms with Crippen LogP contribution in [0.15, 0.2) is 83.3 Å². The molecule has 0 saturated heterocycles. The highest BCUT2D eigenvalue weighted by Crippen LogP contribution is 2.35. The van der Waals surface area contributed by atoms with Crippen molar-refractivity contribution in [2.75, 3.05) is 18.4 Å². The summed E-state index contributed by atoms with van der Waals surface area (Å²) in [6.07, 6.45) is 4.24. The third-order valence-corrected chi connectivity index (χ3v) is 7.92. The molecule has 5 aromatic rings. The Hall–Kier alpha value is -3.44. The number of rotatable bonds is 9. The number of phenols is 1. The molecule has 11 heteroatoms. The average Bonchev–Trinajstić information content (AvgIpc) is 3.45. The number of imidazole rings is 1. The van der Waals surface area contributed by atoms with Crippen LogP contribution in [0.4, 0.5) is 5.82 Å². The van der Waals surface area contributed by atoms with Gasteiger partial charge in [0.15, 0.2) is 4.96 Å². The molecular formula is C25H22ClN5O3S2. The van der Waals surface area contributed by atoms with Gasteiger partial charge in [0, 0.05) is 47.0 Å². The summed E-state index contributed by atoms with van der Waals surface area (Å²) < 4.78 is 29.5. The molecular weight excluding hydrogens is 518 g/mol. The number of nitrogens with zero attached hydrogens (tertiary/aromatic N) is 3. The first-order valence-electron chi connectivity index (χ1n) is 11.1. The minimum absolute atomic E-state index is 0.139. The van der Waals surface area contributed by atoms with Crippen LogP contribution >= 0.6 is 22.9 Å². The number of thiazole rings is 1. The molecule has 0 atom stereocenters. The Kier molecular flexibility index (Phi) is 6.92. The van der Waals surface area contributed by atoms with Crippen LogP contribution in [0.1, 0.15) is 6.42 Å². The SMILES string of the molecule is O=S(=O)(NCCCNc1cc(-c2c(-c3cccc(O)c3)nc3sccn23)ccn1)c1cccc(Cl)c1. The number of anilines is 1. The maximum Gasteiger partial charge on any atom is 0.240 e. The zero-order valence-corrected chi connectivity index (χ0v) is 21.3. The lowest BCUT2D eigenvalue weighted by Crippen LogP contribution is -2.26. The second-order valence-corrected chi connectivity index (χ2v) is 11.1. The quantitative estimate of drug-likeness (QED) is 0.220. The molecule has 0 fully saturated rings. The third kappa shape index (κ3) is 5.21. The van der Waals surface area contributed by atoms with Crippen LogP contribution < -0.4 is 10.0 Å². The lowest BCUT2D eigenvalue weighted by molar-refractivity contribution is 0.475. The van der Waals surface area contributed by atoms with E-state index in [1.165, 1.54) is 23.5 Å². The number of benzene rings is 2. The van der Waals surface area contributed by atoms with E-state index in [1.54, 1.807) is 36.5 Å². The number of phenolic OH excluding ortho intramolecular Hbond substituents is 1. The summed E-state index contributed by atoms with van der Waals surface area (Å²) >= 11 is 7.44. The molecule has 0 unspecified atom stereocenters. The summed E-state index contributed by atoms with van der Waals surface area (Å²) in [6, 6.07) is 17.0. The molecule has 3 aromatic heterocycles. The minimum Gasteiger partial charge on any atom is -0.508 e. The van der Waals surface area contributed by atoms with Crippen LogP contribution in [0.3, 0.4) is 0 Å². The molecule has 0 bridgehead atoms. The normalized spacial score (nSPS) is 11.7. The molecule has 0 aliphatic rings. The molecule has 0 radical (unpaired) electrons. The fraction of sp³-hybridized carbons (Fsp3) is 0.120. The van der Waals surface area contributed by atoms with Gasteiger partial charge in [-0.15, -0.1) is 11.3 Å². The van der Waals surface area contributed by atoms with Crippen molar-refractivity contribution in [1.29, 1.82) is 0 Å². The number of halogens is 1. The summed E-state index contributed by atoms with van der Waals surface area (Å²) in [5, 5.41) is 15.6. The maximum absolute atomic E-state index is 12.4. The maximum atomic E-state index is 12.4. The van der Waals surface area contributed by atoms with Crippen molar-refractivity contribution in [2.45, 2.75) is 11.3 Å². The molecule has 0 amide bonds. The molecule has 0 saturated carbocycles. The predicted molar refractivity (Wildman–Crippen MR) is 143 cm³/mol. The number of hydrogen-bond donors (Lipinski definition) is 3. The molecule has 0 aliphatic carbocycles. The van der Waals surface area contributed by atoms with Crippen LogP contribution in [-0.2, 0) is 10.0 Å². The van der Waals surface area contributed by atoms with Gasteiger partial charge in [0.2, 0.25) is 10.0 Å². The Balaban J connectivity index is 1.28. The van der Waals surface area contributed by atoms with Crippen LogP contribution in [0.2, 0.25) is 5.02 Å². The van der Waals surface area contributed by atoms with Crippen LogP contribution in [0, 0.1) is 0 Å². The first-order chi connectivity index (χ1) is 17.4. The van der Waals surface area contributed by atoms with E-state index in [4.69, 9.17) is 16.6 Å². The number of fused-ring (bicyclic) bond motifs is 1. The van der Waals surface area contributed by atoms with Crippen LogP contribution in [-0.4, -0.2) is 41.0 Å². The number of aromatic hydroxyl groups is 1. The lowest BCUT2D eigenvalue weighted by atomic mass is 10.1. The number of aromatic nitrogens is 3. The van der Waals surface area contributed by atoms with E-state index in [2.05, 4.69) is 15.0 Å². The van der Waals surface area contributed by atoms with Crippen molar-refractivity contribution >= 4 is 43.7 Å². The van der Waals surface area contributed by atoms with Crippen molar-refractivity contribution in [3.63, 3.8) is 0 Å². The highest BCUT2D eigenvalue weighted by molar-refractivity contribution is 7.89. The van der Waals surface area contributed by atoms with E-state index >= 15 is 0 Å². The van der Waals surface area contributed by atoms with Gasteiger partial charge in [0.25, 0.3) is 0 Å². The first kappa shape index (κ1) is 24.3. The first-order valence-corrected chi connectivity index (χ1v) is 13.9. The van der Waals surface area contributed by atoms with E-state index in [9.17, 15) is 13.5 Å². The Morgan fingerprint density at radius 3 is 2.72 bits per heavy atom. The molecule has 3 N–H and O–H groups in total. The van der Waals surface area contributed by atoms with Crippen molar-refractivity contribution in [3.8, 4) is 28.3 Å². The van der Waals surface area contributed by atoms with E-state index in [-0.39, 0.29) is 17.2 Å². The van der Waals surface area contributed by atoms with Crippen molar-refractivity contribution < 1.29 is 13.5 Å². The van der Waals surface area contributed by atoms with Crippen LogP contribution in [0.25, 0.3) is 27.5 Å². The largest absolute Gasteiger partial charge is 0.508 e. The lowest BCUT2D eigenvalue weighted by Gasteiger charge is -2.10. The zero-order chi connectivity index (χ0) is 25.1. The van der Waals surface area contributed by atoms with Gasteiger partial charge in [0.05, 0.1) is 16.3 Å². The third-order valence-electron chi connectivity index (χ3n) is 5.47. The average molecular weight is 540 g/mol. The summed E-state index contributed by atoms with van der Waals surface area (Å²) in [6.45, 7) is 0.787. The molecule has 0 spiro atoms. The second kappa shape index (κ2) is 10.3. The number of sulfonamides is 1. The van der Waals surface area contributed by atoms with E-state index < -0.39 is 10.0 Å². The van der Waals surface area contributed by atoms with Crippen molar-refractivity contribution in [1.82, 2.24) is 19.1 Å². The van der Waals surface area contributed by atoms with E-state index in [0.29, 0.717) is 23.8 Å². The topological polar surface area (TPSA) is 109 Å². The summed E-state index contributed by atoms with van der Waals surface area (Å²) in [4.78, 5) is 10.2. The Labute approximate surface area is 217 Å². The second-order valence-electron chi connectivity index (χ2n) is 7.98. The molecule has 2 aromatic carbocycles. The number of pyridine rings is 1. The highest BCUT2D eigenvalue weighted by Gasteiger charge is 2.18. The molecule has 0 aliphatic heterocycles. The predicted octanol–water partition coefficient (Wildman–Crippen LogP) is 5.26. The van der Waals surface area contributed by atoms with Gasteiger partial charge >= 0.3 is 0 Å². The Morgan fingerprint density at radius 1 is 1.03 bits per heavy atom. The zero-order valence-electron chi connectivity index (χ0n) is 18.9. The van der Waals surface area contributed by atoms with Crippen molar-refractivity contribution in [3.05, 3.63) is 83.5 Å². The number of nitrogens with one attached hydrogen (secondary N) is 2. The van der Waals surface area contributed by atoms with Gasteiger partial charge in [-0.1, -0.05) is 29.8 Å². The van der Waals surface area contributed by atoms with Gasteiger partial charge < -0.3 is 10.4 Å². The monoisotopic (exact) mass is 539 g/mol. The van der Waals surface area contributed by atoms with Crippen LogP contribution in [0.5, 0.6) is 5.75 Å².